The molecule has 0 radical (unpaired) electrons. The summed E-state index contributed by atoms with van der Waals surface area (Å²) in [5.41, 5.74) is 1.06. The van der Waals surface area contributed by atoms with Crippen LogP contribution in [-0.4, -0.2) is 58.2 Å². The molecule has 3 N–H and O–H groups in total. The van der Waals surface area contributed by atoms with Crippen molar-refractivity contribution in [3.63, 3.8) is 0 Å². The first-order valence-corrected chi connectivity index (χ1v) is 6.50. The fourth-order valence-corrected chi connectivity index (χ4v) is 2.52. The molecule has 0 aromatic carbocycles. The van der Waals surface area contributed by atoms with Gasteiger partial charge in [0, 0.05) is 11.4 Å². The molecule has 3 atom stereocenters. The number of aromatic amines is 1. The van der Waals surface area contributed by atoms with E-state index in [0.29, 0.717) is 23.5 Å². The van der Waals surface area contributed by atoms with E-state index in [9.17, 15) is 10.2 Å². The van der Waals surface area contributed by atoms with Gasteiger partial charge in [-0.05, 0) is 0 Å². The lowest BCUT2D eigenvalue weighted by molar-refractivity contribution is -0.766. The number of H-pyrrole nitrogens is 1. The summed E-state index contributed by atoms with van der Waals surface area (Å²) < 4.78 is 17.9. The minimum Gasteiger partial charge on any atom is -0.464 e. The lowest BCUT2D eigenvalue weighted by atomic mass is 10.2. The second-order valence-electron chi connectivity index (χ2n) is 4.69. The second kappa shape index (κ2) is 5.43. The molecule has 1 fully saturated rings. The molecule has 1 aliphatic rings. The van der Waals surface area contributed by atoms with E-state index in [4.69, 9.17) is 14.2 Å². The van der Waals surface area contributed by atoms with Gasteiger partial charge in [-0.2, -0.15) is 4.98 Å². The van der Waals surface area contributed by atoms with Crippen LogP contribution in [0.5, 0.6) is 11.9 Å². The molecule has 3 rings (SSSR count). The summed E-state index contributed by atoms with van der Waals surface area (Å²) in [5.74, 6) is 0.435. The zero-order valence-electron chi connectivity index (χ0n) is 11.7. The quantitative estimate of drug-likeness (QED) is 0.614. The summed E-state index contributed by atoms with van der Waals surface area (Å²) in [4.78, 5) is 11.3. The van der Waals surface area contributed by atoms with Crippen LogP contribution in [0.2, 0.25) is 0 Å². The van der Waals surface area contributed by atoms with E-state index in [1.807, 2.05) is 0 Å². The average Bonchev–Trinajstić information content (AvgIpc) is 3.10. The Bertz CT molecular complexity index is 646. The fraction of sp³-hybridized carbons (Fsp3) is 0.583. The van der Waals surface area contributed by atoms with Gasteiger partial charge in [0.1, 0.15) is 6.10 Å². The van der Waals surface area contributed by atoms with Gasteiger partial charge in [-0.3, -0.25) is 0 Å². The Balaban J connectivity index is 2.12. The van der Waals surface area contributed by atoms with Crippen LogP contribution in [-0.2, 0) is 4.74 Å². The summed E-state index contributed by atoms with van der Waals surface area (Å²) in [6.07, 6.45) is -0.162. The van der Waals surface area contributed by atoms with Crippen LogP contribution >= 0.6 is 0 Å². The monoisotopic (exact) mass is 297 g/mol. The standard InChI is InChI=1S/C12H16N4O5/c1-19-11-9-10(14-5-13-9)15-12(20-2)16(11)8-3-6(18)7(4-17)21-8/h5-8,17-18H,3-4H2,1-2H3/p+1/t6-,7+,8?/m0/s1. The summed E-state index contributed by atoms with van der Waals surface area (Å²) in [7, 11) is 2.99. The van der Waals surface area contributed by atoms with Gasteiger partial charge in [0.2, 0.25) is 6.23 Å². The minimum atomic E-state index is -0.764. The molecule has 114 valence electrons. The Morgan fingerprint density at radius 3 is 2.90 bits per heavy atom. The normalized spacial score (nSPS) is 25.4. The van der Waals surface area contributed by atoms with E-state index in [1.165, 1.54) is 20.5 Å². The van der Waals surface area contributed by atoms with Crippen LogP contribution in [0.4, 0.5) is 0 Å². The number of hydrogen-bond acceptors (Lipinski definition) is 7. The number of methoxy groups -OCH3 is 2. The van der Waals surface area contributed by atoms with Crippen molar-refractivity contribution in [2.75, 3.05) is 20.8 Å². The Hall–Kier alpha value is -1.97. The lowest BCUT2D eigenvalue weighted by Gasteiger charge is -2.14. The Kier molecular flexibility index (Phi) is 3.62. The molecule has 0 saturated carbocycles. The van der Waals surface area contributed by atoms with E-state index >= 15 is 0 Å². The summed E-state index contributed by atoms with van der Waals surface area (Å²) in [6.45, 7) is -0.261. The molecule has 3 heterocycles. The molecular weight excluding hydrogens is 280 g/mol. The average molecular weight is 297 g/mol. The third kappa shape index (κ3) is 2.19. The smallest absolute Gasteiger partial charge is 0.464 e. The van der Waals surface area contributed by atoms with Crippen molar-refractivity contribution in [2.24, 2.45) is 0 Å². The number of hydrogen-bond donors (Lipinski definition) is 3. The molecule has 0 spiro atoms. The minimum absolute atomic E-state index is 0.252. The topological polar surface area (TPSA) is 114 Å². The van der Waals surface area contributed by atoms with Gasteiger partial charge in [-0.25, -0.2) is 0 Å². The van der Waals surface area contributed by atoms with Crippen molar-refractivity contribution < 1.29 is 29.0 Å². The number of aliphatic hydroxyl groups excluding tert-OH is 2. The number of imidazole rings is 1. The lowest BCUT2D eigenvalue weighted by Crippen LogP contribution is -2.43. The van der Waals surface area contributed by atoms with Gasteiger partial charge in [0.15, 0.2) is 5.52 Å². The van der Waals surface area contributed by atoms with Crippen LogP contribution in [0.15, 0.2) is 6.33 Å². The summed E-state index contributed by atoms with van der Waals surface area (Å²) in [6, 6.07) is 0.252. The highest BCUT2D eigenvalue weighted by molar-refractivity contribution is 5.74. The number of rotatable bonds is 4. The predicted octanol–water partition coefficient (Wildman–Crippen LogP) is -1.10. The van der Waals surface area contributed by atoms with E-state index in [1.54, 1.807) is 4.57 Å². The van der Waals surface area contributed by atoms with Crippen LogP contribution < -0.4 is 14.0 Å². The molecule has 2 aromatic heterocycles. The number of aromatic nitrogens is 4. The third-order valence-electron chi connectivity index (χ3n) is 3.51. The number of fused-ring (bicyclic) bond motifs is 1. The van der Waals surface area contributed by atoms with Crippen LogP contribution in [0.1, 0.15) is 12.6 Å². The highest BCUT2D eigenvalue weighted by Crippen LogP contribution is 2.30. The first-order valence-electron chi connectivity index (χ1n) is 6.50. The molecule has 9 heteroatoms. The van der Waals surface area contributed by atoms with Gasteiger partial charge < -0.3 is 29.4 Å². The van der Waals surface area contributed by atoms with Gasteiger partial charge in [0.05, 0.1) is 33.3 Å². The van der Waals surface area contributed by atoms with E-state index in [0.717, 1.165) is 0 Å². The zero-order valence-corrected chi connectivity index (χ0v) is 11.7. The molecule has 0 amide bonds. The maximum atomic E-state index is 9.90. The molecule has 1 saturated heterocycles. The summed E-state index contributed by atoms with van der Waals surface area (Å²) in [5, 5.41) is 19.1. The second-order valence-corrected chi connectivity index (χ2v) is 4.69. The predicted molar refractivity (Wildman–Crippen MR) is 68.8 cm³/mol. The Labute approximate surface area is 120 Å². The number of nitrogens with one attached hydrogen (secondary N) is 1. The van der Waals surface area contributed by atoms with Crippen LogP contribution in [0.25, 0.3) is 11.2 Å². The van der Waals surface area contributed by atoms with Crippen molar-refractivity contribution in [1.29, 1.82) is 0 Å². The maximum absolute atomic E-state index is 9.90. The molecule has 9 nitrogen and oxygen atoms in total. The molecule has 2 aromatic rings. The highest BCUT2D eigenvalue weighted by atomic mass is 16.6. The van der Waals surface area contributed by atoms with E-state index < -0.39 is 18.4 Å². The SMILES string of the molecule is COc1nc2nc[nH]c2c(OC)[n+]1C1C[C@H](O)[C@@H](CO)O1. The molecule has 0 bridgehead atoms. The number of aliphatic hydroxyl groups is 2. The number of ether oxygens (including phenoxy) is 3. The maximum Gasteiger partial charge on any atom is 0.505 e. The van der Waals surface area contributed by atoms with Gasteiger partial charge in [-0.1, -0.05) is 0 Å². The first-order chi connectivity index (χ1) is 10.2. The van der Waals surface area contributed by atoms with Gasteiger partial charge >= 0.3 is 17.5 Å². The molecule has 1 aliphatic heterocycles. The van der Waals surface area contributed by atoms with Crippen LogP contribution in [0.3, 0.4) is 0 Å². The van der Waals surface area contributed by atoms with E-state index in [2.05, 4.69) is 15.0 Å². The van der Waals surface area contributed by atoms with Gasteiger partial charge in [0.25, 0.3) is 0 Å². The Morgan fingerprint density at radius 1 is 1.48 bits per heavy atom. The fourth-order valence-electron chi connectivity index (χ4n) is 2.52. The highest BCUT2D eigenvalue weighted by Gasteiger charge is 2.42. The van der Waals surface area contributed by atoms with Crippen molar-refractivity contribution in [3.8, 4) is 11.9 Å². The number of nitrogens with zero attached hydrogens (tertiary/aromatic N) is 3. The third-order valence-corrected chi connectivity index (χ3v) is 3.51. The van der Waals surface area contributed by atoms with Gasteiger partial charge in [-0.15, -0.1) is 4.57 Å². The van der Waals surface area contributed by atoms with E-state index in [-0.39, 0.29) is 12.6 Å². The van der Waals surface area contributed by atoms with Crippen LogP contribution in [0, 0.1) is 0 Å². The zero-order chi connectivity index (χ0) is 15.0. The van der Waals surface area contributed by atoms with Crippen molar-refractivity contribution in [1.82, 2.24) is 15.0 Å². The largest absolute Gasteiger partial charge is 0.505 e. The van der Waals surface area contributed by atoms with Crippen molar-refractivity contribution in [2.45, 2.75) is 24.9 Å². The molecule has 1 unspecified atom stereocenters. The van der Waals surface area contributed by atoms with Crippen molar-refractivity contribution in [3.05, 3.63) is 6.33 Å². The van der Waals surface area contributed by atoms with Crippen molar-refractivity contribution >= 4 is 11.2 Å². The Morgan fingerprint density at radius 2 is 2.29 bits per heavy atom. The molecule has 21 heavy (non-hydrogen) atoms. The first kappa shape index (κ1) is 14.0. The summed E-state index contributed by atoms with van der Waals surface area (Å²) >= 11 is 0. The molecule has 0 aliphatic carbocycles. The molecular formula is C12H17N4O5+.